The molecule has 18 heavy (non-hydrogen) atoms. The van der Waals surface area contributed by atoms with Crippen molar-refractivity contribution in [2.45, 2.75) is 13.3 Å². The summed E-state index contributed by atoms with van der Waals surface area (Å²) in [5.41, 5.74) is 1.26. The number of rotatable bonds is 8. The van der Waals surface area contributed by atoms with Gasteiger partial charge in [0.05, 0.1) is 19.0 Å². The van der Waals surface area contributed by atoms with E-state index < -0.39 is 9.05 Å². The van der Waals surface area contributed by atoms with Crippen molar-refractivity contribution >= 4 is 19.7 Å². The third kappa shape index (κ3) is 6.83. The Labute approximate surface area is 112 Å². The van der Waals surface area contributed by atoms with E-state index in [-0.39, 0.29) is 12.4 Å². The van der Waals surface area contributed by atoms with Gasteiger partial charge in [0, 0.05) is 10.7 Å². The zero-order chi connectivity index (χ0) is 13.4. The maximum atomic E-state index is 10.6. The van der Waals surface area contributed by atoms with Crippen LogP contribution in [0.2, 0.25) is 0 Å². The minimum Gasteiger partial charge on any atom is -0.491 e. The second kappa shape index (κ2) is 7.61. The second-order valence-electron chi connectivity index (χ2n) is 3.70. The van der Waals surface area contributed by atoms with E-state index in [0.717, 1.165) is 12.2 Å². The molecule has 0 radical (unpaired) electrons. The van der Waals surface area contributed by atoms with Crippen LogP contribution in [0.3, 0.4) is 0 Å². The van der Waals surface area contributed by atoms with Crippen molar-refractivity contribution in [3.63, 3.8) is 0 Å². The molecule has 0 fully saturated rings. The van der Waals surface area contributed by atoms with Gasteiger partial charge >= 0.3 is 0 Å². The van der Waals surface area contributed by atoms with Crippen LogP contribution in [-0.2, 0) is 20.2 Å². The molecule has 0 aliphatic rings. The smallest absolute Gasteiger partial charge is 0.234 e. The zero-order valence-corrected chi connectivity index (χ0v) is 11.8. The van der Waals surface area contributed by atoms with Gasteiger partial charge < -0.3 is 9.47 Å². The van der Waals surface area contributed by atoms with Gasteiger partial charge in [-0.1, -0.05) is 19.1 Å². The first-order valence-electron chi connectivity index (χ1n) is 5.73. The quantitative estimate of drug-likeness (QED) is 0.544. The van der Waals surface area contributed by atoms with Crippen LogP contribution in [0.5, 0.6) is 5.75 Å². The monoisotopic (exact) mass is 292 g/mol. The molecule has 0 saturated heterocycles. The Kier molecular flexibility index (Phi) is 6.46. The molecule has 0 saturated carbocycles. The standard InChI is InChI=1S/C12H17ClO4S/c1-2-11-3-5-12(6-4-11)17-8-7-16-9-10-18(13,14)15/h3-6H,2,7-10H2,1H3. The van der Waals surface area contributed by atoms with Gasteiger partial charge in [-0.3, -0.25) is 0 Å². The summed E-state index contributed by atoms with van der Waals surface area (Å²) < 4.78 is 31.7. The molecule has 0 unspecified atom stereocenters. The van der Waals surface area contributed by atoms with Gasteiger partial charge in [0.25, 0.3) is 0 Å². The first kappa shape index (κ1) is 15.3. The molecule has 0 aliphatic carbocycles. The van der Waals surface area contributed by atoms with Crippen LogP contribution in [0.4, 0.5) is 0 Å². The SMILES string of the molecule is CCc1ccc(OCCOCCS(=O)(=O)Cl)cc1. The maximum Gasteiger partial charge on any atom is 0.234 e. The molecule has 0 bridgehead atoms. The molecule has 102 valence electrons. The molecular formula is C12H17ClO4S. The third-order valence-electron chi connectivity index (χ3n) is 2.30. The molecule has 0 N–H and O–H groups in total. The van der Waals surface area contributed by atoms with Crippen molar-refractivity contribution in [2.75, 3.05) is 25.6 Å². The Morgan fingerprint density at radius 3 is 2.33 bits per heavy atom. The largest absolute Gasteiger partial charge is 0.491 e. The van der Waals surface area contributed by atoms with E-state index in [1.165, 1.54) is 5.56 Å². The maximum absolute atomic E-state index is 10.6. The molecule has 0 heterocycles. The lowest BCUT2D eigenvalue weighted by atomic mass is 10.2. The second-order valence-corrected chi connectivity index (χ2v) is 6.60. The summed E-state index contributed by atoms with van der Waals surface area (Å²) in [5, 5.41) is 0. The number of aryl methyl sites for hydroxylation is 1. The van der Waals surface area contributed by atoms with E-state index in [2.05, 4.69) is 6.92 Å². The topological polar surface area (TPSA) is 52.6 Å². The van der Waals surface area contributed by atoms with Crippen LogP contribution in [0.15, 0.2) is 24.3 Å². The summed E-state index contributed by atoms with van der Waals surface area (Å²) in [6.07, 6.45) is 0.996. The highest BCUT2D eigenvalue weighted by Gasteiger charge is 2.04. The highest BCUT2D eigenvalue weighted by atomic mass is 35.7. The minimum absolute atomic E-state index is 0.0873. The van der Waals surface area contributed by atoms with Gasteiger partial charge in [-0.15, -0.1) is 0 Å². The summed E-state index contributed by atoms with van der Waals surface area (Å²) in [6.45, 7) is 2.90. The Morgan fingerprint density at radius 2 is 1.78 bits per heavy atom. The van der Waals surface area contributed by atoms with Crippen LogP contribution in [0.1, 0.15) is 12.5 Å². The van der Waals surface area contributed by atoms with Crippen LogP contribution in [0.25, 0.3) is 0 Å². The fraction of sp³-hybridized carbons (Fsp3) is 0.500. The van der Waals surface area contributed by atoms with Crippen molar-refractivity contribution in [1.82, 2.24) is 0 Å². The van der Waals surface area contributed by atoms with Crippen LogP contribution in [0, 0.1) is 0 Å². The molecule has 1 rings (SSSR count). The lowest BCUT2D eigenvalue weighted by Crippen LogP contribution is -2.11. The van der Waals surface area contributed by atoms with Crippen molar-refractivity contribution < 1.29 is 17.9 Å². The molecule has 0 atom stereocenters. The molecule has 6 heteroatoms. The molecule has 1 aromatic carbocycles. The molecule has 0 aromatic heterocycles. The fourth-order valence-electron chi connectivity index (χ4n) is 1.30. The van der Waals surface area contributed by atoms with Gasteiger partial charge in [-0.2, -0.15) is 0 Å². The minimum atomic E-state index is -3.46. The van der Waals surface area contributed by atoms with E-state index in [1.54, 1.807) is 0 Å². The third-order valence-corrected chi connectivity index (χ3v) is 3.42. The van der Waals surface area contributed by atoms with E-state index in [1.807, 2.05) is 24.3 Å². The summed E-state index contributed by atoms with van der Waals surface area (Å²) in [7, 11) is 1.57. The number of hydrogen-bond donors (Lipinski definition) is 0. The number of halogens is 1. The van der Waals surface area contributed by atoms with Gasteiger partial charge in [0.15, 0.2) is 0 Å². The molecule has 0 amide bonds. The molecule has 0 aliphatic heterocycles. The van der Waals surface area contributed by atoms with E-state index in [9.17, 15) is 8.42 Å². The average Bonchev–Trinajstić information content (AvgIpc) is 2.33. The fourth-order valence-corrected chi connectivity index (χ4v) is 1.81. The zero-order valence-electron chi connectivity index (χ0n) is 10.3. The Hall–Kier alpha value is -0.780. The number of benzene rings is 1. The molecular weight excluding hydrogens is 276 g/mol. The Bertz CT molecular complexity index is 442. The Balaban J connectivity index is 2.14. The van der Waals surface area contributed by atoms with Gasteiger partial charge in [0.1, 0.15) is 12.4 Å². The first-order valence-corrected chi connectivity index (χ1v) is 8.21. The average molecular weight is 293 g/mol. The summed E-state index contributed by atoms with van der Waals surface area (Å²) in [4.78, 5) is 0. The van der Waals surface area contributed by atoms with Gasteiger partial charge in [-0.05, 0) is 24.1 Å². The van der Waals surface area contributed by atoms with Gasteiger partial charge in [-0.25, -0.2) is 8.42 Å². The van der Waals surface area contributed by atoms with Crippen LogP contribution >= 0.6 is 10.7 Å². The van der Waals surface area contributed by atoms with Crippen molar-refractivity contribution in [2.24, 2.45) is 0 Å². The van der Waals surface area contributed by atoms with E-state index in [4.69, 9.17) is 20.2 Å². The Morgan fingerprint density at radius 1 is 1.11 bits per heavy atom. The molecule has 1 aromatic rings. The predicted octanol–water partition coefficient (Wildman–Crippen LogP) is 2.21. The number of ether oxygens (including phenoxy) is 2. The molecule has 0 spiro atoms. The predicted molar refractivity (Wildman–Crippen MR) is 71.8 cm³/mol. The normalized spacial score (nSPS) is 11.4. The summed E-state index contributed by atoms with van der Waals surface area (Å²) in [5.74, 6) is 0.598. The van der Waals surface area contributed by atoms with E-state index in [0.29, 0.717) is 13.2 Å². The first-order chi connectivity index (χ1) is 8.51. The van der Waals surface area contributed by atoms with Crippen LogP contribution in [-0.4, -0.2) is 34.0 Å². The lowest BCUT2D eigenvalue weighted by molar-refractivity contribution is 0.111. The van der Waals surface area contributed by atoms with Crippen molar-refractivity contribution in [1.29, 1.82) is 0 Å². The van der Waals surface area contributed by atoms with Gasteiger partial charge in [0.2, 0.25) is 9.05 Å². The van der Waals surface area contributed by atoms with Crippen LogP contribution < -0.4 is 4.74 Å². The summed E-state index contributed by atoms with van der Waals surface area (Å²) >= 11 is 0. The highest BCUT2D eigenvalue weighted by molar-refractivity contribution is 8.13. The van der Waals surface area contributed by atoms with E-state index >= 15 is 0 Å². The number of hydrogen-bond acceptors (Lipinski definition) is 4. The highest BCUT2D eigenvalue weighted by Crippen LogP contribution is 2.12. The lowest BCUT2D eigenvalue weighted by Gasteiger charge is -2.07. The summed E-state index contributed by atoms with van der Waals surface area (Å²) in [6, 6.07) is 7.83. The van der Waals surface area contributed by atoms with Crippen molar-refractivity contribution in [3.8, 4) is 5.75 Å². The molecule has 4 nitrogen and oxygen atoms in total. The van der Waals surface area contributed by atoms with Crippen molar-refractivity contribution in [3.05, 3.63) is 29.8 Å².